The molecule has 3 aromatic rings. The normalized spacial score (nSPS) is 11.1. The number of hydrogen-bond acceptors (Lipinski definition) is 3. The van der Waals surface area contributed by atoms with Gasteiger partial charge >= 0.3 is 0 Å². The van der Waals surface area contributed by atoms with Gasteiger partial charge in [-0.3, -0.25) is 9.36 Å². The molecule has 0 amide bonds. The van der Waals surface area contributed by atoms with Crippen molar-refractivity contribution in [1.82, 2.24) is 14.5 Å². The zero-order valence-electron chi connectivity index (χ0n) is 11.5. The topological polar surface area (TPSA) is 47.8 Å². The van der Waals surface area contributed by atoms with Crippen molar-refractivity contribution in [1.29, 1.82) is 0 Å². The standard InChI is InChI=1S/C15H10Cl2FN3O/c1-2-21-7-19-13-10(15(21)22)6-12(17)20-14(13)9-4-3-8(16)5-11(9)18/h3-7H,2H2,1H3. The van der Waals surface area contributed by atoms with Crippen LogP contribution in [0.1, 0.15) is 6.92 Å². The summed E-state index contributed by atoms with van der Waals surface area (Å²) in [7, 11) is 0. The number of pyridine rings is 1. The van der Waals surface area contributed by atoms with Crippen LogP contribution in [-0.4, -0.2) is 14.5 Å². The lowest BCUT2D eigenvalue weighted by Crippen LogP contribution is -2.20. The van der Waals surface area contributed by atoms with Crippen molar-refractivity contribution in [2.75, 3.05) is 0 Å². The maximum Gasteiger partial charge on any atom is 0.261 e. The van der Waals surface area contributed by atoms with Crippen molar-refractivity contribution >= 4 is 34.1 Å². The van der Waals surface area contributed by atoms with Crippen LogP contribution in [0.2, 0.25) is 10.2 Å². The predicted octanol–water partition coefficient (Wildman–Crippen LogP) is 3.92. The minimum Gasteiger partial charge on any atom is -0.299 e. The Kier molecular flexibility index (Phi) is 3.85. The lowest BCUT2D eigenvalue weighted by atomic mass is 10.1. The second-order valence-corrected chi connectivity index (χ2v) is 5.47. The summed E-state index contributed by atoms with van der Waals surface area (Å²) in [5, 5.41) is 0.673. The van der Waals surface area contributed by atoms with Crippen molar-refractivity contribution in [2.24, 2.45) is 0 Å². The average molecular weight is 338 g/mol. The first-order valence-corrected chi connectivity index (χ1v) is 7.28. The average Bonchev–Trinajstić information content (AvgIpc) is 2.48. The maximum absolute atomic E-state index is 14.2. The van der Waals surface area contributed by atoms with E-state index >= 15 is 0 Å². The van der Waals surface area contributed by atoms with Crippen molar-refractivity contribution < 1.29 is 4.39 Å². The maximum atomic E-state index is 14.2. The summed E-state index contributed by atoms with van der Waals surface area (Å²) < 4.78 is 15.6. The molecule has 0 aliphatic carbocycles. The van der Waals surface area contributed by atoms with Crippen LogP contribution in [0.15, 0.2) is 35.4 Å². The third kappa shape index (κ3) is 2.46. The van der Waals surface area contributed by atoms with Gasteiger partial charge in [0.2, 0.25) is 0 Å². The highest BCUT2D eigenvalue weighted by molar-refractivity contribution is 6.31. The SMILES string of the molecule is CCn1cnc2c(-c3ccc(Cl)cc3F)nc(Cl)cc2c1=O. The van der Waals surface area contributed by atoms with E-state index < -0.39 is 5.82 Å². The molecule has 0 saturated heterocycles. The Labute approximate surface area is 135 Å². The highest BCUT2D eigenvalue weighted by Gasteiger charge is 2.16. The van der Waals surface area contributed by atoms with Crippen LogP contribution in [0, 0.1) is 5.82 Å². The smallest absolute Gasteiger partial charge is 0.261 e. The Morgan fingerprint density at radius 3 is 2.73 bits per heavy atom. The number of benzene rings is 1. The highest BCUT2D eigenvalue weighted by atomic mass is 35.5. The third-order valence-corrected chi connectivity index (χ3v) is 3.73. The van der Waals surface area contributed by atoms with E-state index in [1.807, 2.05) is 6.92 Å². The molecule has 0 aliphatic heterocycles. The summed E-state index contributed by atoms with van der Waals surface area (Å²) in [6.07, 6.45) is 1.41. The van der Waals surface area contributed by atoms with Gasteiger partial charge in [-0.2, -0.15) is 0 Å². The lowest BCUT2D eigenvalue weighted by molar-refractivity contribution is 0.631. The van der Waals surface area contributed by atoms with E-state index in [0.717, 1.165) is 0 Å². The van der Waals surface area contributed by atoms with Crippen LogP contribution in [0.3, 0.4) is 0 Å². The Morgan fingerprint density at radius 1 is 1.27 bits per heavy atom. The van der Waals surface area contributed by atoms with E-state index in [4.69, 9.17) is 23.2 Å². The summed E-state index contributed by atoms with van der Waals surface area (Å²) in [6, 6.07) is 5.65. The highest BCUT2D eigenvalue weighted by Crippen LogP contribution is 2.29. The number of aryl methyl sites for hydroxylation is 1. The van der Waals surface area contributed by atoms with Crippen molar-refractivity contribution in [3.63, 3.8) is 0 Å². The molecule has 4 nitrogen and oxygen atoms in total. The summed E-state index contributed by atoms with van der Waals surface area (Å²) >= 11 is 11.8. The molecule has 0 radical (unpaired) electrons. The van der Waals surface area contributed by atoms with Crippen LogP contribution >= 0.6 is 23.2 Å². The molecular weight excluding hydrogens is 328 g/mol. The van der Waals surface area contributed by atoms with Crippen LogP contribution in [0.4, 0.5) is 4.39 Å². The first kappa shape index (κ1) is 14.9. The zero-order valence-corrected chi connectivity index (χ0v) is 13.0. The first-order valence-electron chi connectivity index (χ1n) is 6.52. The van der Waals surface area contributed by atoms with Crippen molar-refractivity contribution in [3.8, 4) is 11.3 Å². The van der Waals surface area contributed by atoms with Crippen LogP contribution < -0.4 is 5.56 Å². The number of rotatable bonds is 2. The molecule has 0 atom stereocenters. The molecule has 0 unspecified atom stereocenters. The van der Waals surface area contributed by atoms with Gasteiger partial charge in [-0.05, 0) is 31.2 Å². The van der Waals surface area contributed by atoms with Gasteiger partial charge in [0.15, 0.2) is 0 Å². The number of aromatic nitrogens is 3. The lowest BCUT2D eigenvalue weighted by Gasteiger charge is -2.09. The minimum absolute atomic E-state index is 0.101. The number of hydrogen-bond donors (Lipinski definition) is 0. The zero-order chi connectivity index (χ0) is 15.9. The number of halogens is 3. The summed E-state index contributed by atoms with van der Waals surface area (Å²) in [5.74, 6) is -0.551. The molecule has 0 aliphatic rings. The van der Waals surface area contributed by atoms with Gasteiger partial charge in [0, 0.05) is 17.1 Å². The van der Waals surface area contributed by atoms with Crippen LogP contribution in [0.5, 0.6) is 0 Å². The van der Waals surface area contributed by atoms with Gasteiger partial charge in [-0.25, -0.2) is 14.4 Å². The Hall–Kier alpha value is -1.98. The Balaban J connectivity index is 2.39. The fraction of sp³-hybridized carbons (Fsp3) is 0.133. The molecule has 0 spiro atoms. The van der Waals surface area contributed by atoms with Gasteiger partial charge in [0.25, 0.3) is 5.56 Å². The van der Waals surface area contributed by atoms with Crippen molar-refractivity contribution in [3.05, 3.63) is 56.9 Å². The van der Waals surface area contributed by atoms with E-state index in [-0.39, 0.29) is 27.0 Å². The predicted molar refractivity (Wildman–Crippen MR) is 84.9 cm³/mol. The minimum atomic E-state index is -0.551. The van der Waals surface area contributed by atoms with E-state index in [1.165, 1.54) is 29.1 Å². The summed E-state index contributed by atoms with van der Waals surface area (Å²) in [5.41, 5.74) is 0.475. The van der Waals surface area contributed by atoms with Gasteiger partial charge in [-0.1, -0.05) is 23.2 Å². The molecule has 2 aromatic heterocycles. The molecular formula is C15H10Cl2FN3O. The van der Waals surface area contributed by atoms with E-state index in [0.29, 0.717) is 17.4 Å². The summed E-state index contributed by atoms with van der Waals surface area (Å²) in [6.45, 7) is 2.31. The largest absolute Gasteiger partial charge is 0.299 e. The van der Waals surface area contributed by atoms with Crippen LogP contribution in [0.25, 0.3) is 22.2 Å². The molecule has 7 heteroatoms. The molecule has 112 valence electrons. The van der Waals surface area contributed by atoms with Crippen molar-refractivity contribution in [2.45, 2.75) is 13.5 Å². The van der Waals surface area contributed by atoms with Gasteiger partial charge in [0.1, 0.15) is 22.2 Å². The monoisotopic (exact) mass is 337 g/mol. The molecule has 22 heavy (non-hydrogen) atoms. The van der Waals surface area contributed by atoms with Gasteiger partial charge < -0.3 is 0 Å². The molecule has 0 N–H and O–H groups in total. The van der Waals surface area contributed by atoms with Gasteiger partial charge in [-0.15, -0.1) is 0 Å². The quantitative estimate of drug-likeness (QED) is 0.666. The first-order chi connectivity index (χ1) is 10.5. The molecule has 2 heterocycles. The third-order valence-electron chi connectivity index (χ3n) is 3.31. The molecule has 0 bridgehead atoms. The fourth-order valence-corrected chi connectivity index (χ4v) is 2.58. The molecule has 0 fully saturated rings. The molecule has 1 aromatic carbocycles. The van der Waals surface area contributed by atoms with E-state index in [2.05, 4.69) is 9.97 Å². The Morgan fingerprint density at radius 2 is 2.05 bits per heavy atom. The van der Waals surface area contributed by atoms with Gasteiger partial charge in [0.05, 0.1) is 11.7 Å². The number of nitrogens with zero attached hydrogens (tertiary/aromatic N) is 3. The number of fused-ring (bicyclic) bond motifs is 1. The van der Waals surface area contributed by atoms with E-state index in [1.54, 1.807) is 6.07 Å². The van der Waals surface area contributed by atoms with E-state index in [9.17, 15) is 9.18 Å². The fourth-order valence-electron chi connectivity index (χ4n) is 2.23. The molecule has 0 saturated carbocycles. The molecule has 3 rings (SSSR count). The second kappa shape index (κ2) is 5.66. The summed E-state index contributed by atoms with van der Waals surface area (Å²) in [4.78, 5) is 20.7. The van der Waals surface area contributed by atoms with Crippen LogP contribution in [-0.2, 0) is 6.54 Å². The Bertz CT molecular complexity index is 940. The second-order valence-electron chi connectivity index (χ2n) is 4.65.